The van der Waals surface area contributed by atoms with Gasteiger partial charge in [0.2, 0.25) is 17.0 Å². The Bertz CT molecular complexity index is 340. The molecular formula is C2H2FKN2O8S. The van der Waals surface area contributed by atoms with Gasteiger partial charge >= 0.3 is 57.3 Å². The molecule has 0 saturated heterocycles. The molecule has 0 fully saturated rings. The Hall–Kier alpha value is 0.236. The number of nitro groups is 2. The molecule has 0 spiro atoms. The van der Waals surface area contributed by atoms with E-state index in [1.807, 2.05) is 0 Å². The normalized spacial score (nSPS) is 11.6. The minimum absolute atomic E-state index is 0. The van der Waals surface area contributed by atoms with Crippen LogP contribution in [0.5, 0.6) is 0 Å². The maximum atomic E-state index is 12.6. The van der Waals surface area contributed by atoms with E-state index in [4.69, 9.17) is 0 Å². The Morgan fingerprint density at radius 2 is 1.60 bits per heavy atom. The quantitative estimate of drug-likeness (QED) is 0.0925. The zero-order chi connectivity index (χ0) is 11.6. The van der Waals surface area contributed by atoms with E-state index in [9.17, 15) is 37.6 Å². The summed E-state index contributed by atoms with van der Waals surface area (Å²) in [6.07, 6.45) is 0. The summed E-state index contributed by atoms with van der Waals surface area (Å²) in [5, 5.41) is 19.6. The average Bonchev–Trinajstić information content (AvgIpc) is 1.97. The third-order valence-corrected chi connectivity index (χ3v) is 1.35. The molecule has 13 heteroatoms. The van der Waals surface area contributed by atoms with Crippen molar-refractivity contribution in [3.8, 4) is 0 Å². The summed E-state index contributed by atoms with van der Waals surface area (Å²) < 4.78 is 44.9. The van der Waals surface area contributed by atoms with Crippen LogP contribution in [-0.4, -0.2) is 35.3 Å². The zero-order valence-electron chi connectivity index (χ0n) is 7.15. The molecule has 0 aliphatic carbocycles. The minimum atomic E-state index is -5.42. The van der Waals surface area contributed by atoms with Crippen molar-refractivity contribution in [1.29, 1.82) is 0 Å². The molecule has 15 heavy (non-hydrogen) atoms. The first-order chi connectivity index (χ1) is 6.09. The van der Waals surface area contributed by atoms with Crippen LogP contribution in [0.2, 0.25) is 0 Å². The molecule has 0 amide bonds. The molecule has 0 saturated carbocycles. The summed E-state index contributed by atoms with van der Waals surface area (Å²) in [4.78, 5) is 15.6. The van der Waals surface area contributed by atoms with Crippen molar-refractivity contribution < 1.29 is 82.8 Å². The molecule has 0 aliphatic heterocycles. The smallest absolute Gasteiger partial charge is 0.726 e. The number of halogens is 1. The second-order valence-corrected chi connectivity index (χ2v) is 2.96. The fourth-order valence-electron chi connectivity index (χ4n) is 0.319. The molecule has 0 aliphatic rings. The van der Waals surface area contributed by atoms with E-state index in [0.29, 0.717) is 0 Å². The van der Waals surface area contributed by atoms with Gasteiger partial charge in [0, 0.05) is 0 Å². The third kappa shape index (κ3) is 5.76. The molecule has 82 valence electrons. The van der Waals surface area contributed by atoms with Crippen molar-refractivity contribution in [2.24, 2.45) is 0 Å². The largest absolute Gasteiger partial charge is 1.00 e. The van der Waals surface area contributed by atoms with Crippen molar-refractivity contribution in [3.05, 3.63) is 20.2 Å². The van der Waals surface area contributed by atoms with Gasteiger partial charge in [-0.25, -0.2) is 8.42 Å². The second kappa shape index (κ2) is 6.09. The van der Waals surface area contributed by atoms with Crippen molar-refractivity contribution in [1.82, 2.24) is 0 Å². The minimum Gasteiger partial charge on any atom is -0.726 e. The first-order valence-electron chi connectivity index (χ1n) is 2.68. The maximum absolute atomic E-state index is 12.6. The molecule has 0 atom stereocenters. The van der Waals surface area contributed by atoms with E-state index in [1.165, 1.54) is 0 Å². The van der Waals surface area contributed by atoms with Crippen LogP contribution in [0.3, 0.4) is 0 Å². The molecule has 0 aromatic rings. The number of alkyl halides is 1. The fourth-order valence-corrected chi connectivity index (χ4v) is 0.614. The summed E-state index contributed by atoms with van der Waals surface area (Å²) in [5.74, 6) is -4.35. The molecular weight excluding hydrogens is 270 g/mol. The van der Waals surface area contributed by atoms with Crippen LogP contribution in [0.4, 0.5) is 4.39 Å². The molecule has 0 bridgehead atoms. The van der Waals surface area contributed by atoms with E-state index in [2.05, 4.69) is 4.18 Å². The van der Waals surface area contributed by atoms with Gasteiger partial charge in [-0.3, -0.25) is 24.4 Å². The molecule has 0 rings (SSSR count). The summed E-state index contributed by atoms with van der Waals surface area (Å²) in [5.41, 5.74) is 0. The number of nitrogens with zero attached hydrogens (tertiary/aromatic N) is 2. The van der Waals surface area contributed by atoms with Crippen LogP contribution in [0.25, 0.3) is 0 Å². The SMILES string of the molecule is O=[N+]([O-])C(F)(COS(=O)(=O)[O-])[N+](=O)[O-].[K+]. The summed E-state index contributed by atoms with van der Waals surface area (Å²) >= 11 is 0. The van der Waals surface area contributed by atoms with Gasteiger partial charge < -0.3 is 4.55 Å². The molecule has 0 aromatic carbocycles. The molecule has 0 heterocycles. The van der Waals surface area contributed by atoms with Crippen molar-refractivity contribution in [2.45, 2.75) is 5.92 Å². The maximum Gasteiger partial charge on any atom is 1.00 e. The summed E-state index contributed by atoms with van der Waals surface area (Å²) in [7, 11) is -5.42. The summed E-state index contributed by atoms with van der Waals surface area (Å²) in [6, 6.07) is 0. The Morgan fingerprint density at radius 3 is 1.80 bits per heavy atom. The van der Waals surface area contributed by atoms with Gasteiger partial charge in [0.1, 0.15) is 9.85 Å². The van der Waals surface area contributed by atoms with Crippen LogP contribution in [-0.2, 0) is 14.6 Å². The zero-order valence-corrected chi connectivity index (χ0v) is 11.1. The second-order valence-electron chi connectivity index (χ2n) is 1.90. The van der Waals surface area contributed by atoms with Gasteiger partial charge in [-0.05, 0) is 0 Å². The Morgan fingerprint density at radius 1 is 1.27 bits per heavy atom. The van der Waals surface area contributed by atoms with E-state index < -0.39 is 32.8 Å². The Kier molecular flexibility index (Phi) is 7.16. The number of rotatable bonds is 5. The van der Waals surface area contributed by atoms with Gasteiger partial charge in [0.15, 0.2) is 0 Å². The molecule has 0 radical (unpaired) electrons. The first kappa shape index (κ1) is 17.6. The van der Waals surface area contributed by atoms with E-state index in [-0.39, 0.29) is 51.4 Å². The van der Waals surface area contributed by atoms with Crippen LogP contribution in [0.15, 0.2) is 0 Å². The van der Waals surface area contributed by atoms with Gasteiger partial charge in [0.25, 0.3) is 0 Å². The topological polar surface area (TPSA) is 153 Å². The van der Waals surface area contributed by atoms with Crippen LogP contribution in [0.1, 0.15) is 0 Å². The predicted octanol–water partition coefficient (Wildman–Crippen LogP) is -4.36. The summed E-state index contributed by atoms with van der Waals surface area (Å²) in [6.45, 7) is -2.11. The van der Waals surface area contributed by atoms with Gasteiger partial charge in [-0.1, -0.05) is 4.39 Å². The molecule has 10 nitrogen and oxygen atoms in total. The van der Waals surface area contributed by atoms with E-state index in [0.717, 1.165) is 0 Å². The van der Waals surface area contributed by atoms with Crippen molar-refractivity contribution in [3.63, 3.8) is 0 Å². The van der Waals surface area contributed by atoms with Crippen LogP contribution < -0.4 is 51.4 Å². The molecule has 0 aromatic heterocycles. The van der Waals surface area contributed by atoms with Gasteiger partial charge in [-0.2, -0.15) is 0 Å². The predicted molar refractivity (Wildman–Crippen MR) is 33.5 cm³/mol. The first-order valence-corrected chi connectivity index (χ1v) is 4.01. The van der Waals surface area contributed by atoms with Crippen LogP contribution in [0, 0.1) is 20.2 Å². The number of hydrogen-bond donors (Lipinski definition) is 0. The number of hydrogen-bond acceptors (Lipinski definition) is 8. The standard InChI is InChI=1S/C2H3FN2O8S.K/c3-2(4(6)7,5(8)9)1-13-14(10,11)12;/h1H2,(H,10,11,12);/q;+1/p-1. The Balaban J connectivity index is 0. The van der Waals surface area contributed by atoms with E-state index >= 15 is 0 Å². The van der Waals surface area contributed by atoms with E-state index in [1.54, 1.807) is 0 Å². The van der Waals surface area contributed by atoms with Crippen molar-refractivity contribution >= 4 is 10.4 Å². The Labute approximate surface area is 124 Å². The van der Waals surface area contributed by atoms with Gasteiger partial charge in [0.05, 0.1) is 0 Å². The monoisotopic (exact) mass is 272 g/mol. The van der Waals surface area contributed by atoms with Crippen LogP contribution >= 0.6 is 0 Å². The fraction of sp³-hybridized carbons (Fsp3) is 1.00. The third-order valence-electron chi connectivity index (χ3n) is 0.946. The van der Waals surface area contributed by atoms with Crippen molar-refractivity contribution in [2.75, 3.05) is 6.61 Å². The molecule has 0 N–H and O–H groups in total. The average molecular weight is 272 g/mol. The van der Waals surface area contributed by atoms with Gasteiger partial charge in [-0.15, -0.1) is 0 Å². The molecule has 0 unspecified atom stereocenters.